The summed E-state index contributed by atoms with van der Waals surface area (Å²) in [6.07, 6.45) is -2.63. The third-order valence-corrected chi connectivity index (χ3v) is 2.46. The number of hydrogen-bond donors (Lipinski definition) is 2. The van der Waals surface area contributed by atoms with Gasteiger partial charge in [0.1, 0.15) is 5.82 Å². The van der Waals surface area contributed by atoms with Crippen molar-refractivity contribution in [3.05, 3.63) is 36.2 Å². The topological polar surface area (TPSA) is 77.8 Å². The number of rotatable bonds is 2. The summed E-state index contributed by atoms with van der Waals surface area (Å²) in [7, 11) is 0. The van der Waals surface area contributed by atoms with E-state index < -0.39 is 12.6 Å². The molecule has 0 saturated carbocycles. The summed E-state index contributed by atoms with van der Waals surface area (Å²) in [5.74, 6) is 0.273. The second kappa shape index (κ2) is 4.75. The molecule has 2 heterocycles. The minimum Gasteiger partial charge on any atom is -0.398 e. The Hall–Kier alpha value is -2.31. The molecule has 2 aromatic heterocycles. The normalized spacial score (nSPS) is 11.5. The highest BCUT2D eigenvalue weighted by atomic mass is 19.4. The van der Waals surface area contributed by atoms with Gasteiger partial charge in [-0.25, -0.2) is 4.98 Å². The first-order valence-electron chi connectivity index (χ1n) is 5.38. The number of anilines is 2. The van der Waals surface area contributed by atoms with Gasteiger partial charge in [0.05, 0.1) is 12.1 Å². The molecule has 0 unspecified atom stereocenters. The van der Waals surface area contributed by atoms with Gasteiger partial charge in [0.25, 0.3) is 0 Å². The van der Waals surface area contributed by atoms with Gasteiger partial charge in [0, 0.05) is 29.7 Å². The molecule has 0 fully saturated rings. The van der Waals surface area contributed by atoms with Gasteiger partial charge < -0.3 is 11.5 Å². The standard InChI is InChI=1S/C12H11F3N4/c13-12(14,15)4-7-1-2-10(18-5-7)8-6-19-11(17)3-9(8)16/h1-3,5-6H,4H2,(H4,16,17,19). The molecule has 2 rings (SSSR count). The van der Waals surface area contributed by atoms with Crippen molar-refractivity contribution in [2.24, 2.45) is 0 Å². The number of alkyl halides is 3. The molecule has 0 amide bonds. The van der Waals surface area contributed by atoms with E-state index in [9.17, 15) is 13.2 Å². The maximum Gasteiger partial charge on any atom is 0.393 e. The van der Waals surface area contributed by atoms with Crippen LogP contribution in [0.5, 0.6) is 0 Å². The Bertz CT molecular complexity index is 579. The van der Waals surface area contributed by atoms with Gasteiger partial charge in [0.2, 0.25) is 0 Å². The fraction of sp³-hybridized carbons (Fsp3) is 0.167. The molecule has 0 bridgehead atoms. The van der Waals surface area contributed by atoms with Crippen LogP contribution in [0.1, 0.15) is 5.56 Å². The van der Waals surface area contributed by atoms with Gasteiger partial charge in [0.15, 0.2) is 0 Å². The predicted octanol–water partition coefficient (Wildman–Crippen LogP) is 2.41. The highest BCUT2D eigenvalue weighted by molar-refractivity contribution is 5.74. The zero-order valence-corrected chi connectivity index (χ0v) is 9.78. The maximum atomic E-state index is 12.2. The molecule has 2 aromatic rings. The van der Waals surface area contributed by atoms with E-state index in [-0.39, 0.29) is 11.4 Å². The smallest absolute Gasteiger partial charge is 0.393 e. The molecule has 4 N–H and O–H groups in total. The van der Waals surface area contributed by atoms with Gasteiger partial charge in [-0.05, 0) is 11.6 Å². The molecular weight excluding hydrogens is 257 g/mol. The number of nitrogens with two attached hydrogens (primary N) is 2. The third kappa shape index (κ3) is 3.34. The predicted molar refractivity (Wildman–Crippen MR) is 66.1 cm³/mol. The molecule has 0 saturated heterocycles. The molecule has 0 aromatic carbocycles. The third-order valence-electron chi connectivity index (χ3n) is 2.46. The van der Waals surface area contributed by atoms with Crippen molar-refractivity contribution < 1.29 is 13.2 Å². The fourth-order valence-electron chi connectivity index (χ4n) is 1.62. The highest BCUT2D eigenvalue weighted by Crippen LogP contribution is 2.26. The van der Waals surface area contributed by atoms with Gasteiger partial charge >= 0.3 is 6.18 Å². The molecular formula is C12H11F3N4. The van der Waals surface area contributed by atoms with Crippen molar-refractivity contribution >= 4 is 11.5 Å². The lowest BCUT2D eigenvalue weighted by atomic mass is 10.1. The molecule has 100 valence electrons. The fourth-order valence-corrected chi connectivity index (χ4v) is 1.62. The molecule has 0 aliphatic rings. The van der Waals surface area contributed by atoms with Crippen molar-refractivity contribution in [2.75, 3.05) is 11.5 Å². The summed E-state index contributed by atoms with van der Waals surface area (Å²) >= 11 is 0. The lowest BCUT2D eigenvalue weighted by Gasteiger charge is -2.08. The Morgan fingerprint density at radius 1 is 1.05 bits per heavy atom. The van der Waals surface area contributed by atoms with Crippen molar-refractivity contribution in [1.29, 1.82) is 0 Å². The van der Waals surface area contributed by atoms with E-state index in [1.165, 1.54) is 30.6 Å². The monoisotopic (exact) mass is 268 g/mol. The number of halogens is 3. The van der Waals surface area contributed by atoms with Crippen LogP contribution in [0.15, 0.2) is 30.6 Å². The van der Waals surface area contributed by atoms with Crippen LogP contribution in [0.3, 0.4) is 0 Å². The van der Waals surface area contributed by atoms with Crippen LogP contribution in [-0.4, -0.2) is 16.1 Å². The Morgan fingerprint density at radius 3 is 2.32 bits per heavy atom. The van der Waals surface area contributed by atoms with Crippen LogP contribution in [0.4, 0.5) is 24.7 Å². The van der Waals surface area contributed by atoms with Gasteiger partial charge in [-0.15, -0.1) is 0 Å². The molecule has 7 heteroatoms. The minimum atomic E-state index is -4.25. The SMILES string of the molecule is Nc1cc(N)c(-c2ccc(CC(F)(F)F)cn2)cn1. The number of nitrogen functional groups attached to an aromatic ring is 2. The van der Waals surface area contributed by atoms with E-state index in [1.54, 1.807) is 0 Å². The van der Waals surface area contributed by atoms with E-state index in [2.05, 4.69) is 9.97 Å². The first kappa shape index (κ1) is 13.1. The molecule has 4 nitrogen and oxygen atoms in total. The lowest BCUT2D eigenvalue weighted by molar-refractivity contribution is -0.127. The minimum absolute atomic E-state index is 0.0956. The van der Waals surface area contributed by atoms with Gasteiger partial charge in [-0.1, -0.05) is 6.07 Å². The van der Waals surface area contributed by atoms with Crippen LogP contribution in [-0.2, 0) is 6.42 Å². The molecule has 19 heavy (non-hydrogen) atoms. The highest BCUT2D eigenvalue weighted by Gasteiger charge is 2.27. The van der Waals surface area contributed by atoms with Crippen molar-refractivity contribution in [3.63, 3.8) is 0 Å². The second-order valence-corrected chi connectivity index (χ2v) is 4.04. The molecule has 0 atom stereocenters. The molecule has 0 spiro atoms. The van der Waals surface area contributed by atoms with Crippen LogP contribution in [0.25, 0.3) is 11.3 Å². The summed E-state index contributed by atoms with van der Waals surface area (Å²) in [4.78, 5) is 7.84. The van der Waals surface area contributed by atoms with E-state index in [0.717, 1.165) is 0 Å². The van der Waals surface area contributed by atoms with Crippen molar-refractivity contribution in [2.45, 2.75) is 12.6 Å². The van der Waals surface area contributed by atoms with Gasteiger partial charge in [-0.2, -0.15) is 13.2 Å². The summed E-state index contributed by atoms with van der Waals surface area (Å²) in [6, 6.07) is 4.32. The largest absolute Gasteiger partial charge is 0.398 e. The van der Waals surface area contributed by atoms with E-state index >= 15 is 0 Å². The van der Waals surface area contributed by atoms with E-state index in [0.29, 0.717) is 16.9 Å². The van der Waals surface area contributed by atoms with E-state index in [4.69, 9.17) is 11.5 Å². The van der Waals surface area contributed by atoms with Crippen molar-refractivity contribution in [3.8, 4) is 11.3 Å². The van der Waals surface area contributed by atoms with Gasteiger partial charge in [-0.3, -0.25) is 4.98 Å². The average molecular weight is 268 g/mol. The lowest BCUT2D eigenvalue weighted by Crippen LogP contribution is -2.11. The first-order chi connectivity index (χ1) is 8.85. The summed E-state index contributed by atoms with van der Waals surface area (Å²) in [6.45, 7) is 0. The maximum absolute atomic E-state index is 12.2. The summed E-state index contributed by atoms with van der Waals surface area (Å²) in [5, 5.41) is 0. The zero-order valence-electron chi connectivity index (χ0n) is 9.78. The van der Waals surface area contributed by atoms with Crippen LogP contribution in [0.2, 0.25) is 0 Å². The van der Waals surface area contributed by atoms with Crippen LogP contribution in [0, 0.1) is 0 Å². The summed E-state index contributed by atoms with van der Waals surface area (Å²) < 4.78 is 36.6. The van der Waals surface area contributed by atoms with Crippen LogP contribution < -0.4 is 11.5 Å². The van der Waals surface area contributed by atoms with Crippen LogP contribution >= 0.6 is 0 Å². The Balaban J connectivity index is 2.27. The quantitative estimate of drug-likeness (QED) is 0.876. The zero-order chi connectivity index (χ0) is 14.0. The molecule has 0 radical (unpaired) electrons. The molecule has 0 aliphatic heterocycles. The van der Waals surface area contributed by atoms with E-state index in [1.807, 2.05) is 0 Å². The molecule has 0 aliphatic carbocycles. The number of nitrogens with zero attached hydrogens (tertiary/aromatic N) is 2. The average Bonchev–Trinajstić information content (AvgIpc) is 2.28. The Kier molecular flexibility index (Phi) is 3.28. The number of hydrogen-bond acceptors (Lipinski definition) is 4. The number of aromatic nitrogens is 2. The Labute approximate surface area is 107 Å². The second-order valence-electron chi connectivity index (χ2n) is 4.04. The first-order valence-corrected chi connectivity index (χ1v) is 5.38. The Morgan fingerprint density at radius 2 is 1.79 bits per heavy atom. The van der Waals surface area contributed by atoms with Crippen molar-refractivity contribution in [1.82, 2.24) is 9.97 Å². The number of pyridine rings is 2. The summed E-state index contributed by atoms with van der Waals surface area (Å²) in [5.41, 5.74) is 12.7.